The summed E-state index contributed by atoms with van der Waals surface area (Å²) >= 11 is 7.45. The van der Waals surface area contributed by atoms with Gasteiger partial charge in [0, 0.05) is 17.0 Å². The number of anilines is 1. The van der Waals surface area contributed by atoms with Gasteiger partial charge in [0.15, 0.2) is 5.13 Å². The van der Waals surface area contributed by atoms with Gasteiger partial charge in [0.1, 0.15) is 23.4 Å². The lowest BCUT2D eigenvalue weighted by atomic mass is 9.94. The van der Waals surface area contributed by atoms with Crippen molar-refractivity contribution in [1.82, 2.24) is 4.98 Å². The number of fused-ring (bicyclic) bond motifs is 2. The van der Waals surface area contributed by atoms with Crippen molar-refractivity contribution in [2.45, 2.75) is 38.8 Å². The second-order valence-electron chi connectivity index (χ2n) is 9.65. The van der Waals surface area contributed by atoms with Gasteiger partial charge in [-0.25, -0.2) is 4.98 Å². The fourth-order valence-electron chi connectivity index (χ4n) is 5.05. The summed E-state index contributed by atoms with van der Waals surface area (Å²) in [5, 5.41) is 12.5. The topological polar surface area (TPSA) is 89.0 Å². The van der Waals surface area contributed by atoms with Crippen molar-refractivity contribution in [3.63, 3.8) is 0 Å². The molecule has 0 aliphatic carbocycles. The van der Waals surface area contributed by atoms with E-state index in [0.717, 1.165) is 22.4 Å². The van der Waals surface area contributed by atoms with Crippen molar-refractivity contribution in [3.05, 3.63) is 87.9 Å². The van der Waals surface area contributed by atoms with Crippen LogP contribution in [0, 0.1) is 0 Å². The van der Waals surface area contributed by atoms with Crippen molar-refractivity contribution in [2.24, 2.45) is 0 Å². The minimum atomic E-state index is -0.908. The lowest BCUT2D eigenvalue weighted by Gasteiger charge is -2.23. The first kappa shape index (κ1) is 25.4. The zero-order valence-electron chi connectivity index (χ0n) is 21.3. The average molecular weight is 561 g/mol. The van der Waals surface area contributed by atoms with Gasteiger partial charge in [0.2, 0.25) is 0 Å². The molecule has 3 heterocycles. The Morgan fingerprint density at radius 1 is 1.18 bits per heavy atom. The highest BCUT2D eigenvalue weighted by atomic mass is 35.5. The van der Waals surface area contributed by atoms with Crippen LogP contribution in [0.1, 0.15) is 43.0 Å². The second-order valence-corrected chi connectivity index (χ2v) is 11.1. The highest BCUT2D eigenvalue weighted by Gasteiger charge is 2.48. The van der Waals surface area contributed by atoms with Crippen molar-refractivity contribution in [2.75, 3.05) is 11.5 Å². The van der Waals surface area contributed by atoms with Crippen LogP contribution in [-0.4, -0.2) is 34.5 Å². The largest absolute Gasteiger partial charge is 0.507 e. The van der Waals surface area contributed by atoms with Gasteiger partial charge in [0.25, 0.3) is 5.78 Å². The first-order valence-corrected chi connectivity index (χ1v) is 13.9. The molecule has 1 aromatic heterocycles. The lowest BCUT2D eigenvalue weighted by Crippen LogP contribution is -2.29. The summed E-state index contributed by atoms with van der Waals surface area (Å²) in [4.78, 5) is 33.2. The fourth-order valence-corrected chi connectivity index (χ4v) is 6.32. The molecule has 4 aromatic rings. The fraction of sp³-hybridized carbons (Fsp3) is 0.233. The van der Waals surface area contributed by atoms with E-state index in [2.05, 4.69) is 4.98 Å². The molecule has 198 valence electrons. The zero-order valence-corrected chi connectivity index (χ0v) is 22.9. The third-order valence-corrected chi connectivity index (χ3v) is 8.06. The van der Waals surface area contributed by atoms with Crippen LogP contribution in [0.2, 0.25) is 5.02 Å². The standard InChI is InChI=1S/C30H25ClN2O5S/c1-3-11-37-21-6-4-5-17(14-21)26-25(27(34)18-7-10-23-19(13-18)12-16(2)38-23)28(35)29(36)33(26)30-32-22-9-8-20(31)15-24(22)39-30/h4-10,13-16,26,34H,3,11-12H2,1-2H3/t16-,26-/m0/s1. The summed E-state index contributed by atoms with van der Waals surface area (Å²) in [6.45, 7) is 4.52. The molecule has 6 rings (SSSR count). The van der Waals surface area contributed by atoms with E-state index in [-0.39, 0.29) is 17.4 Å². The van der Waals surface area contributed by atoms with E-state index in [1.54, 1.807) is 36.4 Å². The second kappa shape index (κ2) is 10.0. The number of amides is 1. The molecule has 0 saturated carbocycles. The van der Waals surface area contributed by atoms with Crippen LogP contribution >= 0.6 is 22.9 Å². The number of thiazole rings is 1. The predicted molar refractivity (Wildman–Crippen MR) is 152 cm³/mol. The third kappa shape index (κ3) is 4.53. The molecule has 0 spiro atoms. The number of carbonyl (C=O) groups excluding carboxylic acids is 2. The lowest BCUT2D eigenvalue weighted by molar-refractivity contribution is -0.132. The highest BCUT2D eigenvalue weighted by molar-refractivity contribution is 7.22. The van der Waals surface area contributed by atoms with Gasteiger partial charge in [-0.05, 0) is 73.0 Å². The van der Waals surface area contributed by atoms with Crippen molar-refractivity contribution in [3.8, 4) is 11.5 Å². The van der Waals surface area contributed by atoms with Gasteiger partial charge in [-0.2, -0.15) is 0 Å². The van der Waals surface area contributed by atoms with Gasteiger partial charge in [-0.3, -0.25) is 14.5 Å². The van der Waals surface area contributed by atoms with Crippen LogP contribution < -0.4 is 14.4 Å². The van der Waals surface area contributed by atoms with Gasteiger partial charge in [-0.15, -0.1) is 0 Å². The van der Waals surface area contributed by atoms with E-state index in [1.807, 2.05) is 38.1 Å². The van der Waals surface area contributed by atoms with E-state index in [9.17, 15) is 14.7 Å². The SMILES string of the molecule is CCCOc1cccc([C@H]2C(=C(O)c3ccc4c(c3)C[C@H](C)O4)C(=O)C(=O)N2c2nc3ccc(Cl)cc3s2)c1. The number of ether oxygens (including phenoxy) is 2. The number of nitrogens with zero attached hydrogens (tertiary/aromatic N) is 2. The molecule has 39 heavy (non-hydrogen) atoms. The van der Waals surface area contributed by atoms with Crippen LogP contribution in [0.3, 0.4) is 0 Å². The Morgan fingerprint density at radius 3 is 2.85 bits per heavy atom. The quantitative estimate of drug-likeness (QED) is 0.161. The number of benzene rings is 3. The normalized spacial score (nSPS) is 19.9. The molecule has 1 saturated heterocycles. The summed E-state index contributed by atoms with van der Waals surface area (Å²) in [6, 6.07) is 16.9. The van der Waals surface area contributed by atoms with Crippen molar-refractivity contribution < 1.29 is 24.2 Å². The molecule has 2 atom stereocenters. The maximum absolute atomic E-state index is 13.6. The Balaban J connectivity index is 1.52. The summed E-state index contributed by atoms with van der Waals surface area (Å²) in [5.41, 5.74) is 2.67. The number of carbonyl (C=O) groups is 2. The molecule has 3 aromatic carbocycles. The highest BCUT2D eigenvalue weighted by Crippen LogP contribution is 2.45. The van der Waals surface area contributed by atoms with E-state index in [4.69, 9.17) is 21.1 Å². The molecule has 2 aliphatic rings. The Hall–Kier alpha value is -3.88. The molecule has 0 unspecified atom stereocenters. The summed E-state index contributed by atoms with van der Waals surface area (Å²) in [5.74, 6) is -0.415. The van der Waals surface area contributed by atoms with Crippen molar-refractivity contribution in [1.29, 1.82) is 0 Å². The molecule has 0 bridgehead atoms. The molecule has 1 N–H and O–H groups in total. The zero-order chi connectivity index (χ0) is 27.3. The molecular formula is C30H25ClN2O5S. The van der Waals surface area contributed by atoms with E-state index in [0.29, 0.717) is 45.6 Å². The van der Waals surface area contributed by atoms with Gasteiger partial charge in [0.05, 0.1) is 28.4 Å². The molecule has 2 aliphatic heterocycles. The van der Waals surface area contributed by atoms with Crippen LogP contribution in [0.15, 0.2) is 66.2 Å². The molecule has 9 heteroatoms. The first-order chi connectivity index (χ1) is 18.8. The Labute approximate surface area is 234 Å². The number of ketones is 1. The first-order valence-electron chi connectivity index (χ1n) is 12.7. The van der Waals surface area contributed by atoms with Crippen LogP contribution in [0.25, 0.3) is 16.0 Å². The van der Waals surface area contributed by atoms with Gasteiger partial charge < -0.3 is 14.6 Å². The number of aromatic nitrogens is 1. The summed E-state index contributed by atoms with van der Waals surface area (Å²) < 4.78 is 12.4. The summed E-state index contributed by atoms with van der Waals surface area (Å²) in [7, 11) is 0. The van der Waals surface area contributed by atoms with Crippen molar-refractivity contribution >= 4 is 55.7 Å². The maximum atomic E-state index is 13.6. The molecule has 1 amide bonds. The molecule has 7 nitrogen and oxygen atoms in total. The molecular weight excluding hydrogens is 536 g/mol. The van der Waals surface area contributed by atoms with E-state index in [1.165, 1.54) is 16.2 Å². The maximum Gasteiger partial charge on any atom is 0.301 e. The number of Topliss-reactive ketones (excluding diaryl/α,β-unsaturated/α-hetero) is 1. The van der Waals surface area contributed by atoms with E-state index < -0.39 is 17.7 Å². The number of hydrogen-bond acceptors (Lipinski definition) is 7. The monoisotopic (exact) mass is 560 g/mol. The Morgan fingerprint density at radius 2 is 2.03 bits per heavy atom. The Bertz CT molecular complexity index is 1660. The predicted octanol–water partition coefficient (Wildman–Crippen LogP) is 6.69. The molecule has 0 radical (unpaired) electrons. The van der Waals surface area contributed by atoms with E-state index >= 15 is 0 Å². The number of rotatable bonds is 6. The van der Waals surface area contributed by atoms with Gasteiger partial charge >= 0.3 is 5.91 Å². The van der Waals surface area contributed by atoms with Crippen LogP contribution in [-0.2, 0) is 16.0 Å². The minimum absolute atomic E-state index is 0.00292. The summed E-state index contributed by atoms with van der Waals surface area (Å²) in [6.07, 6.45) is 1.55. The number of halogens is 1. The minimum Gasteiger partial charge on any atom is -0.507 e. The third-order valence-electron chi connectivity index (χ3n) is 6.81. The van der Waals surface area contributed by atoms with Crippen LogP contribution in [0.5, 0.6) is 11.5 Å². The number of hydrogen-bond donors (Lipinski definition) is 1. The number of aliphatic hydroxyl groups excluding tert-OH is 1. The number of aliphatic hydroxyl groups is 1. The molecule has 1 fully saturated rings. The van der Waals surface area contributed by atoms with Gasteiger partial charge in [-0.1, -0.05) is 42.0 Å². The average Bonchev–Trinajstić information content (AvgIpc) is 3.59. The Kier molecular flexibility index (Phi) is 6.53. The van der Waals surface area contributed by atoms with Crippen LogP contribution in [0.4, 0.5) is 5.13 Å². The smallest absolute Gasteiger partial charge is 0.301 e.